The number of hydrogen-bond donors (Lipinski definition) is 0. The Bertz CT molecular complexity index is 544. The van der Waals surface area contributed by atoms with Crippen LogP contribution in [0.25, 0.3) is 0 Å². The maximum Gasteiger partial charge on any atom is 0.289 e. The molecule has 0 aromatic carbocycles. The second-order valence-electron chi connectivity index (χ2n) is 6.36. The Morgan fingerprint density at radius 2 is 1.58 bits per heavy atom. The van der Waals surface area contributed by atoms with Crippen LogP contribution in [0.4, 0.5) is 0 Å². The molecule has 0 N–H and O–H groups in total. The first kappa shape index (κ1) is 17.0. The summed E-state index contributed by atoms with van der Waals surface area (Å²) in [6.07, 6.45) is 1.51. The molecule has 0 saturated carbocycles. The average Bonchev–Trinajstić information content (AvgIpc) is 3.16. The second-order valence-corrected chi connectivity index (χ2v) is 6.36. The number of hydrogen-bond acceptors (Lipinski definition) is 5. The van der Waals surface area contributed by atoms with Gasteiger partial charge < -0.3 is 19.1 Å². The second kappa shape index (κ2) is 7.81. The number of carbonyl (C=O) groups is 2. The predicted molar refractivity (Wildman–Crippen MR) is 89.7 cm³/mol. The predicted octanol–water partition coefficient (Wildman–Crippen LogP) is 0.202. The van der Waals surface area contributed by atoms with Crippen LogP contribution in [0.2, 0.25) is 0 Å². The van der Waals surface area contributed by atoms with Crippen LogP contribution in [0.1, 0.15) is 17.5 Å². The molecule has 0 radical (unpaired) electrons. The van der Waals surface area contributed by atoms with Gasteiger partial charge in [-0.05, 0) is 18.7 Å². The van der Waals surface area contributed by atoms with E-state index in [1.807, 2.05) is 4.90 Å². The normalized spacial score (nSPS) is 20.4. The molecule has 2 amide bonds. The minimum atomic E-state index is -0.0679. The van der Waals surface area contributed by atoms with E-state index in [0.29, 0.717) is 25.4 Å². The van der Waals surface area contributed by atoms with Crippen molar-refractivity contribution in [2.75, 3.05) is 65.4 Å². The zero-order valence-electron chi connectivity index (χ0n) is 14.3. The molecule has 1 aromatic heterocycles. The van der Waals surface area contributed by atoms with Crippen molar-refractivity contribution in [3.8, 4) is 0 Å². The molecule has 7 heteroatoms. The number of amides is 2. The van der Waals surface area contributed by atoms with Crippen molar-refractivity contribution in [3.63, 3.8) is 0 Å². The molecule has 2 aliphatic rings. The van der Waals surface area contributed by atoms with E-state index in [9.17, 15) is 9.59 Å². The molecule has 132 valence electrons. The third-order valence-corrected chi connectivity index (χ3v) is 4.92. The highest BCUT2D eigenvalue weighted by molar-refractivity contribution is 5.91. The van der Waals surface area contributed by atoms with Crippen molar-refractivity contribution in [1.82, 2.24) is 19.6 Å². The number of rotatable bonds is 4. The molecule has 0 bridgehead atoms. The summed E-state index contributed by atoms with van der Waals surface area (Å²) in [6, 6.07) is 3.41. The zero-order valence-corrected chi connectivity index (χ0v) is 14.3. The molecule has 2 fully saturated rings. The minimum absolute atomic E-state index is 0.0679. The quantitative estimate of drug-likeness (QED) is 0.787. The molecule has 0 atom stereocenters. The third kappa shape index (κ3) is 3.96. The fourth-order valence-corrected chi connectivity index (χ4v) is 3.27. The standard InChI is InChI=1S/C17H26N4O3/c1-2-18-5-9-20(10-6-18)16(22)14-19-7-11-21(12-8-19)17(23)15-4-3-13-24-15/h3-4,13H,2,5-12,14H2,1H3. The molecular weight excluding hydrogens is 308 g/mol. The van der Waals surface area contributed by atoms with Crippen LogP contribution < -0.4 is 0 Å². The summed E-state index contributed by atoms with van der Waals surface area (Å²) in [5.74, 6) is 0.520. The lowest BCUT2D eigenvalue weighted by Gasteiger charge is -2.37. The van der Waals surface area contributed by atoms with Crippen molar-refractivity contribution in [2.45, 2.75) is 6.92 Å². The van der Waals surface area contributed by atoms with Crippen LogP contribution in [-0.4, -0.2) is 96.9 Å². The van der Waals surface area contributed by atoms with Gasteiger partial charge in [-0.15, -0.1) is 0 Å². The minimum Gasteiger partial charge on any atom is -0.459 e. The molecule has 2 saturated heterocycles. The Labute approximate surface area is 142 Å². The van der Waals surface area contributed by atoms with Crippen LogP contribution >= 0.6 is 0 Å². The van der Waals surface area contributed by atoms with Crippen molar-refractivity contribution < 1.29 is 14.0 Å². The molecule has 0 spiro atoms. The summed E-state index contributed by atoms with van der Waals surface area (Å²) < 4.78 is 5.17. The Morgan fingerprint density at radius 3 is 2.17 bits per heavy atom. The van der Waals surface area contributed by atoms with Gasteiger partial charge in [0.2, 0.25) is 5.91 Å². The highest BCUT2D eigenvalue weighted by Crippen LogP contribution is 2.10. The van der Waals surface area contributed by atoms with E-state index in [0.717, 1.165) is 45.8 Å². The number of piperazine rings is 2. The molecular formula is C17H26N4O3. The molecule has 3 rings (SSSR count). The van der Waals surface area contributed by atoms with Crippen molar-refractivity contribution >= 4 is 11.8 Å². The van der Waals surface area contributed by atoms with Crippen molar-refractivity contribution in [1.29, 1.82) is 0 Å². The first-order valence-corrected chi connectivity index (χ1v) is 8.72. The van der Waals surface area contributed by atoms with Gasteiger partial charge >= 0.3 is 0 Å². The Morgan fingerprint density at radius 1 is 0.958 bits per heavy atom. The van der Waals surface area contributed by atoms with Gasteiger partial charge in [-0.25, -0.2) is 0 Å². The largest absolute Gasteiger partial charge is 0.459 e. The van der Waals surface area contributed by atoms with Gasteiger partial charge in [0.1, 0.15) is 0 Å². The van der Waals surface area contributed by atoms with Gasteiger partial charge in [0.25, 0.3) is 5.91 Å². The molecule has 0 aliphatic carbocycles. The fraction of sp³-hybridized carbons (Fsp3) is 0.647. The van der Waals surface area contributed by atoms with Crippen LogP contribution in [-0.2, 0) is 4.79 Å². The number of likely N-dealkylation sites (N-methyl/N-ethyl adjacent to an activating group) is 1. The molecule has 1 aromatic rings. The van der Waals surface area contributed by atoms with Crippen LogP contribution in [0.15, 0.2) is 22.8 Å². The third-order valence-electron chi connectivity index (χ3n) is 4.92. The molecule has 24 heavy (non-hydrogen) atoms. The highest BCUT2D eigenvalue weighted by Gasteiger charge is 2.26. The molecule has 3 heterocycles. The molecule has 2 aliphatic heterocycles. The lowest BCUT2D eigenvalue weighted by atomic mass is 10.2. The number of nitrogens with zero attached hydrogens (tertiary/aromatic N) is 4. The van der Waals surface area contributed by atoms with Crippen molar-refractivity contribution in [3.05, 3.63) is 24.2 Å². The zero-order chi connectivity index (χ0) is 16.9. The fourth-order valence-electron chi connectivity index (χ4n) is 3.27. The van der Waals surface area contributed by atoms with Gasteiger partial charge in [0.05, 0.1) is 12.8 Å². The summed E-state index contributed by atoms with van der Waals surface area (Å²) in [5.41, 5.74) is 0. The van der Waals surface area contributed by atoms with Crippen LogP contribution in [0.3, 0.4) is 0 Å². The average molecular weight is 334 g/mol. The van der Waals surface area contributed by atoms with E-state index in [4.69, 9.17) is 4.42 Å². The number of carbonyl (C=O) groups excluding carboxylic acids is 2. The lowest BCUT2D eigenvalue weighted by Crippen LogP contribution is -2.54. The summed E-state index contributed by atoms with van der Waals surface area (Å²) in [7, 11) is 0. The highest BCUT2D eigenvalue weighted by atomic mass is 16.3. The molecule has 0 unspecified atom stereocenters. The van der Waals surface area contributed by atoms with Crippen LogP contribution in [0, 0.1) is 0 Å². The van der Waals surface area contributed by atoms with Crippen molar-refractivity contribution in [2.24, 2.45) is 0 Å². The Balaban J connectivity index is 1.42. The van der Waals surface area contributed by atoms with Gasteiger partial charge in [-0.2, -0.15) is 0 Å². The number of furan rings is 1. The maximum atomic E-state index is 12.4. The van der Waals surface area contributed by atoms with Gasteiger partial charge in [-0.1, -0.05) is 6.92 Å². The Kier molecular flexibility index (Phi) is 5.52. The summed E-state index contributed by atoms with van der Waals surface area (Å²) in [4.78, 5) is 32.9. The van der Waals surface area contributed by atoms with Gasteiger partial charge in [-0.3, -0.25) is 14.5 Å². The van der Waals surface area contributed by atoms with E-state index < -0.39 is 0 Å². The summed E-state index contributed by atoms with van der Waals surface area (Å²) in [6.45, 7) is 9.96. The summed E-state index contributed by atoms with van der Waals surface area (Å²) >= 11 is 0. The van der Waals surface area contributed by atoms with E-state index >= 15 is 0 Å². The monoisotopic (exact) mass is 334 g/mol. The smallest absolute Gasteiger partial charge is 0.289 e. The van der Waals surface area contributed by atoms with E-state index in [1.165, 1.54) is 6.26 Å². The van der Waals surface area contributed by atoms with Gasteiger partial charge in [0, 0.05) is 52.4 Å². The topological polar surface area (TPSA) is 60.2 Å². The lowest BCUT2D eigenvalue weighted by molar-refractivity contribution is -0.134. The van der Waals surface area contributed by atoms with Gasteiger partial charge in [0.15, 0.2) is 5.76 Å². The first-order valence-electron chi connectivity index (χ1n) is 8.72. The SMILES string of the molecule is CCN1CCN(C(=O)CN2CCN(C(=O)c3ccco3)CC2)CC1. The summed E-state index contributed by atoms with van der Waals surface area (Å²) in [5, 5.41) is 0. The van der Waals surface area contributed by atoms with Crippen LogP contribution in [0.5, 0.6) is 0 Å². The van der Waals surface area contributed by atoms with E-state index in [-0.39, 0.29) is 11.8 Å². The first-order chi connectivity index (χ1) is 11.7. The maximum absolute atomic E-state index is 12.4. The van der Waals surface area contributed by atoms with E-state index in [1.54, 1.807) is 17.0 Å². The Hall–Kier alpha value is -1.86. The van der Waals surface area contributed by atoms with E-state index in [2.05, 4.69) is 16.7 Å². The molecule has 7 nitrogen and oxygen atoms in total.